The molecular formula is C20H16N2O7S2. The van der Waals surface area contributed by atoms with E-state index in [4.69, 9.17) is 26.8 Å². The van der Waals surface area contributed by atoms with Crippen molar-refractivity contribution in [1.82, 2.24) is 4.90 Å². The first-order chi connectivity index (χ1) is 14.8. The molecule has 1 aliphatic rings. The lowest BCUT2D eigenvalue weighted by atomic mass is 10.1. The van der Waals surface area contributed by atoms with Gasteiger partial charge in [0.15, 0.2) is 11.5 Å². The number of carbonyl (C=O) groups excluding carboxylic acids is 1. The molecule has 0 atom stereocenters. The van der Waals surface area contributed by atoms with Gasteiger partial charge in [-0.15, -0.1) is 0 Å². The average Bonchev–Trinajstić information content (AvgIpc) is 2.99. The number of hydrogen-bond donors (Lipinski definition) is 1. The van der Waals surface area contributed by atoms with E-state index in [1.54, 1.807) is 36.4 Å². The van der Waals surface area contributed by atoms with E-state index in [0.717, 1.165) is 22.2 Å². The number of nitrogens with zero attached hydrogens (tertiary/aromatic N) is 2. The summed E-state index contributed by atoms with van der Waals surface area (Å²) < 4.78 is 11.3. The Hall–Kier alpha value is -3.44. The lowest BCUT2D eigenvalue weighted by Gasteiger charge is -2.12. The Balaban J connectivity index is 1.78. The van der Waals surface area contributed by atoms with E-state index in [1.807, 2.05) is 0 Å². The molecule has 3 rings (SSSR count). The van der Waals surface area contributed by atoms with E-state index < -0.39 is 23.3 Å². The van der Waals surface area contributed by atoms with E-state index in [-0.39, 0.29) is 16.6 Å². The Morgan fingerprint density at radius 1 is 1.26 bits per heavy atom. The predicted octanol–water partition coefficient (Wildman–Crippen LogP) is 3.47. The van der Waals surface area contributed by atoms with Crippen LogP contribution in [0.15, 0.2) is 47.4 Å². The summed E-state index contributed by atoms with van der Waals surface area (Å²) in [6, 6.07) is 11.1. The molecule has 1 N–H and O–H groups in total. The number of hydrogen-bond acceptors (Lipinski definition) is 8. The molecular weight excluding hydrogens is 444 g/mol. The molecule has 0 spiro atoms. The number of aliphatic carboxylic acids is 1. The highest BCUT2D eigenvalue weighted by atomic mass is 32.2. The van der Waals surface area contributed by atoms with Gasteiger partial charge in [-0.05, 0) is 41.5 Å². The van der Waals surface area contributed by atoms with Gasteiger partial charge in [0.1, 0.15) is 17.5 Å². The number of nitro groups is 1. The highest BCUT2D eigenvalue weighted by Crippen LogP contribution is 2.35. The van der Waals surface area contributed by atoms with Crippen LogP contribution < -0.4 is 9.47 Å². The van der Waals surface area contributed by atoms with Gasteiger partial charge in [0, 0.05) is 12.1 Å². The summed E-state index contributed by atoms with van der Waals surface area (Å²) in [5.74, 6) is -0.737. The Bertz CT molecular complexity index is 1080. The van der Waals surface area contributed by atoms with E-state index in [0.29, 0.717) is 22.0 Å². The number of thioether (sulfide) groups is 1. The highest BCUT2D eigenvalue weighted by Gasteiger charge is 2.33. The van der Waals surface area contributed by atoms with Gasteiger partial charge in [0.05, 0.1) is 16.9 Å². The van der Waals surface area contributed by atoms with Crippen molar-refractivity contribution in [3.05, 3.63) is 68.6 Å². The third-order valence-electron chi connectivity index (χ3n) is 4.19. The Morgan fingerprint density at radius 2 is 1.97 bits per heavy atom. The molecule has 0 radical (unpaired) electrons. The van der Waals surface area contributed by atoms with E-state index >= 15 is 0 Å². The third kappa shape index (κ3) is 5.38. The van der Waals surface area contributed by atoms with Gasteiger partial charge in [-0.3, -0.25) is 24.6 Å². The lowest BCUT2D eigenvalue weighted by molar-refractivity contribution is -0.384. The summed E-state index contributed by atoms with van der Waals surface area (Å²) in [6.45, 7) is -0.341. The van der Waals surface area contributed by atoms with Gasteiger partial charge >= 0.3 is 5.97 Å². The van der Waals surface area contributed by atoms with Crippen molar-refractivity contribution >= 4 is 51.9 Å². The smallest absolute Gasteiger partial charge is 0.323 e. The molecule has 0 saturated carbocycles. The number of methoxy groups -OCH3 is 1. The zero-order valence-electron chi connectivity index (χ0n) is 16.1. The molecule has 31 heavy (non-hydrogen) atoms. The number of carboxylic acid groups (broad SMARTS) is 1. The van der Waals surface area contributed by atoms with Crippen molar-refractivity contribution in [2.75, 3.05) is 13.7 Å². The minimum Gasteiger partial charge on any atom is -0.493 e. The lowest BCUT2D eigenvalue weighted by Crippen LogP contribution is -2.33. The zero-order valence-corrected chi connectivity index (χ0v) is 17.8. The molecule has 0 bridgehead atoms. The van der Waals surface area contributed by atoms with Crippen molar-refractivity contribution < 1.29 is 29.1 Å². The number of nitro benzene ring substituents is 1. The summed E-state index contributed by atoms with van der Waals surface area (Å²) in [4.78, 5) is 35.0. The van der Waals surface area contributed by atoms with Gasteiger partial charge in [-0.1, -0.05) is 30.0 Å². The number of carboxylic acids is 1. The number of ether oxygens (including phenoxy) is 2. The number of rotatable bonds is 8. The quantitative estimate of drug-likeness (QED) is 0.273. The van der Waals surface area contributed by atoms with E-state index in [9.17, 15) is 19.7 Å². The van der Waals surface area contributed by atoms with Crippen LogP contribution in [0.1, 0.15) is 11.1 Å². The molecule has 160 valence electrons. The standard InChI is InChI=1S/C20H16N2O7S2/c1-28-15-7-4-13(9-17-19(25)21(10-18(23)24)20(30)31-17)8-16(15)29-11-12-2-5-14(6-3-12)22(26)27/h2-9H,10-11H2,1H3,(H,23,24)/b17-9+. The van der Waals surface area contributed by atoms with Crippen LogP contribution in [-0.2, 0) is 16.2 Å². The molecule has 9 nitrogen and oxygen atoms in total. The molecule has 11 heteroatoms. The highest BCUT2D eigenvalue weighted by molar-refractivity contribution is 8.26. The first-order valence-electron chi connectivity index (χ1n) is 8.80. The van der Waals surface area contributed by atoms with Gasteiger partial charge in [0.2, 0.25) is 0 Å². The summed E-state index contributed by atoms with van der Waals surface area (Å²) in [5.41, 5.74) is 1.35. The van der Waals surface area contributed by atoms with Crippen LogP contribution in [-0.4, -0.2) is 44.8 Å². The van der Waals surface area contributed by atoms with Crippen LogP contribution in [0.25, 0.3) is 6.08 Å². The molecule has 0 aliphatic carbocycles. The zero-order chi connectivity index (χ0) is 22.5. The van der Waals surface area contributed by atoms with Crippen LogP contribution in [0.4, 0.5) is 5.69 Å². The summed E-state index contributed by atoms with van der Waals surface area (Å²) in [7, 11) is 1.49. The second kappa shape index (κ2) is 9.58. The van der Waals surface area contributed by atoms with Gasteiger partial charge in [0.25, 0.3) is 11.6 Å². The normalized spacial score (nSPS) is 14.7. The van der Waals surface area contributed by atoms with Crippen LogP contribution in [0, 0.1) is 10.1 Å². The summed E-state index contributed by atoms with van der Waals surface area (Å²) in [6.07, 6.45) is 1.60. The molecule has 2 aromatic carbocycles. The number of thiocarbonyl (C=S) groups is 1. The fourth-order valence-electron chi connectivity index (χ4n) is 2.69. The van der Waals surface area contributed by atoms with E-state index in [2.05, 4.69) is 0 Å². The number of amides is 1. The van der Waals surface area contributed by atoms with Crippen molar-refractivity contribution in [2.45, 2.75) is 6.61 Å². The fourth-order valence-corrected chi connectivity index (χ4v) is 3.95. The first-order valence-corrected chi connectivity index (χ1v) is 10.0. The molecule has 1 fully saturated rings. The molecule has 1 heterocycles. The monoisotopic (exact) mass is 460 g/mol. The van der Waals surface area contributed by atoms with Gasteiger partial charge in [-0.25, -0.2) is 0 Å². The van der Waals surface area contributed by atoms with Gasteiger partial charge in [-0.2, -0.15) is 0 Å². The molecule has 0 aromatic heterocycles. The van der Waals surface area contributed by atoms with Gasteiger partial charge < -0.3 is 14.6 Å². The van der Waals surface area contributed by atoms with Crippen LogP contribution in [0.5, 0.6) is 11.5 Å². The minimum absolute atomic E-state index is 0.0106. The maximum Gasteiger partial charge on any atom is 0.323 e. The Kier molecular flexibility index (Phi) is 6.88. The maximum atomic E-state index is 12.4. The largest absolute Gasteiger partial charge is 0.493 e. The van der Waals surface area contributed by atoms with E-state index in [1.165, 1.54) is 19.2 Å². The van der Waals surface area contributed by atoms with Crippen molar-refractivity contribution in [1.29, 1.82) is 0 Å². The summed E-state index contributed by atoms with van der Waals surface area (Å²) in [5, 5.41) is 19.7. The van der Waals surface area contributed by atoms with Crippen molar-refractivity contribution in [2.24, 2.45) is 0 Å². The first kappa shape index (κ1) is 22.2. The van der Waals surface area contributed by atoms with Crippen molar-refractivity contribution in [3.8, 4) is 11.5 Å². The van der Waals surface area contributed by atoms with Crippen molar-refractivity contribution in [3.63, 3.8) is 0 Å². The number of non-ortho nitro benzene ring substituents is 1. The number of carbonyl (C=O) groups is 2. The SMILES string of the molecule is COc1ccc(/C=C2/SC(=S)N(CC(=O)O)C2=O)cc1OCc1ccc([N+](=O)[O-])cc1. The maximum absolute atomic E-state index is 12.4. The Morgan fingerprint density at radius 3 is 2.58 bits per heavy atom. The average molecular weight is 460 g/mol. The predicted molar refractivity (Wildman–Crippen MR) is 118 cm³/mol. The second-order valence-electron chi connectivity index (χ2n) is 6.28. The molecule has 1 saturated heterocycles. The molecule has 1 amide bonds. The fraction of sp³-hybridized carbons (Fsp3) is 0.150. The topological polar surface area (TPSA) is 119 Å². The molecule has 1 aliphatic heterocycles. The van der Waals surface area contributed by atoms with Crippen LogP contribution in [0.2, 0.25) is 0 Å². The molecule has 0 unspecified atom stereocenters. The van der Waals surface area contributed by atoms with Crippen LogP contribution in [0.3, 0.4) is 0 Å². The summed E-state index contributed by atoms with van der Waals surface area (Å²) >= 11 is 6.12. The Labute approximate surface area is 186 Å². The second-order valence-corrected chi connectivity index (χ2v) is 7.96. The van der Waals surface area contributed by atoms with Crippen LogP contribution >= 0.6 is 24.0 Å². The third-order valence-corrected chi connectivity index (χ3v) is 5.57. The minimum atomic E-state index is -1.15. The number of benzene rings is 2. The molecule has 2 aromatic rings.